The molecular formula is C25H34N8O3. The number of carbonyl (C=O) groups excluding carboxylic acids is 1. The number of anilines is 1. The van der Waals surface area contributed by atoms with Gasteiger partial charge in [0.15, 0.2) is 5.65 Å². The van der Waals surface area contributed by atoms with Gasteiger partial charge < -0.3 is 19.3 Å². The van der Waals surface area contributed by atoms with Crippen LogP contribution in [0.1, 0.15) is 46.3 Å². The third-order valence-electron chi connectivity index (χ3n) is 7.27. The lowest BCUT2D eigenvalue weighted by Crippen LogP contribution is -2.37. The molecule has 0 spiro atoms. The van der Waals surface area contributed by atoms with Crippen LogP contribution in [0.4, 0.5) is 10.7 Å². The lowest BCUT2D eigenvalue weighted by molar-refractivity contribution is -0.0298. The van der Waals surface area contributed by atoms with Crippen LogP contribution in [-0.4, -0.2) is 78.7 Å². The Labute approximate surface area is 210 Å². The standard InChI is InChI=1S/C25H34N8O3/c1-25(2,3)36-24(34)32-13-17-11-31(12-18(17)14-32)23-28-20(16-9-27-30(4)10-16)21-22(29-23)33(15-26-21)19-7-5-6-8-35-19/h9-10,15,17-19H,5-8,11-14H2,1-4H3/t17-,18+,19?. The summed E-state index contributed by atoms with van der Waals surface area (Å²) in [5, 5.41) is 4.35. The zero-order valence-corrected chi connectivity index (χ0v) is 21.4. The number of hydrogen-bond donors (Lipinski definition) is 0. The Morgan fingerprint density at radius 2 is 1.89 bits per heavy atom. The molecule has 3 saturated heterocycles. The van der Waals surface area contributed by atoms with E-state index in [1.165, 1.54) is 0 Å². The van der Waals surface area contributed by atoms with E-state index in [9.17, 15) is 4.79 Å². The summed E-state index contributed by atoms with van der Waals surface area (Å²) in [4.78, 5) is 31.4. The van der Waals surface area contributed by atoms with Gasteiger partial charge in [-0.05, 0) is 40.0 Å². The molecular weight excluding hydrogens is 460 g/mol. The van der Waals surface area contributed by atoms with Crippen molar-refractivity contribution < 1.29 is 14.3 Å². The first-order chi connectivity index (χ1) is 17.2. The van der Waals surface area contributed by atoms with Gasteiger partial charge >= 0.3 is 6.09 Å². The molecule has 6 heterocycles. The second-order valence-corrected chi connectivity index (χ2v) is 11.2. The van der Waals surface area contributed by atoms with Crippen molar-refractivity contribution in [2.45, 2.75) is 51.9 Å². The molecule has 3 aromatic rings. The SMILES string of the molecule is Cn1cc(-c2nc(N3C[C@H]4CN(C(=O)OC(C)(C)C)C[C@H]4C3)nc3c2ncn3C2CCCCO2)cn1. The summed E-state index contributed by atoms with van der Waals surface area (Å²) in [7, 11) is 1.90. The van der Waals surface area contributed by atoms with Crippen molar-refractivity contribution in [3.63, 3.8) is 0 Å². The van der Waals surface area contributed by atoms with Crippen molar-refractivity contribution in [1.82, 2.24) is 34.2 Å². The number of imidazole rings is 1. The van der Waals surface area contributed by atoms with E-state index in [1.54, 1.807) is 4.68 Å². The molecule has 0 radical (unpaired) electrons. The van der Waals surface area contributed by atoms with Crippen LogP contribution in [0, 0.1) is 11.8 Å². The van der Waals surface area contributed by atoms with Crippen LogP contribution in [0.5, 0.6) is 0 Å². The molecule has 0 N–H and O–H groups in total. The average molecular weight is 495 g/mol. The second kappa shape index (κ2) is 8.72. The highest BCUT2D eigenvalue weighted by Crippen LogP contribution is 2.36. The van der Waals surface area contributed by atoms with Crippen LogP contribution in [-0.2, 0) is 16.5 Å². The molecule has 3 fully saturated rings. The average Bonchev–Trinajstić information content (AvgIpc) is 3.60. The van der Waals surface area contributed by atoms with E-state index in [4.69, 9.17) is 24.4 Å². The fraction of sp³-hybridized carbons (Fsp3) is 0.640. The van der Waals surface area contributed by atoms with Crippen LogP contribution in [0.2, 0.25) is 0 Å². The number of carbonyl (C=O) groups is 1. The quantitative estimate of drug-likeness (QED) is 0.547. The third kappa shape index (κ3) is 4.29. The smallest absolute Gasteiger partial charge is 0.410 e. The van der Waals surface area contributed by atoms with Gasteiger partial charge in [-0.2, -0.15) is 10.1 Å². The van der Waals surface area contributed by atoms with Crippen molar-refractivity contribution in [1.29, 1.82) is 0 Å². The van der Waals surface area contributed by atoms with Crippen LogP contribution >= 0.6 is 0 Å². The molecule has 36 heavy (non-hydrogen) atoms. The van der Waals surface area contributed by atoms with E-state index in [1.807, 2.05) is 51.4 Å². The molecule has 1 unspecified atom stereocenters. The van der Waals surface area contributed by atoms with Gasteiger partial charge in [0.05, 0.1) is 12.5 Å². The topological polar surface area (TPSA) is 103 Å². The molecule has 3 atom stereocenters. The molecule has 3 aliphatic heterocycles. The highest BCUT2D eigenvalue weighted by Gasteiger charge is 2.43. The van der Waals surface area contributed by atoms with Crippen LogP contribution in [0.25, 0.3) is 22.4 Å². The first-order valence-electron chi connectivity index (χ1n) is 12.8. The minimum absolute atomic E-state index is 0.0615. The Kier molecular flexibility index (Phi) is 5.62. The Morgan fingerprint density at radius 3 is 2.53 bits per heavy atom. The van der Waals surface area contributed by atoms with Crippen LogP contribution in [0.3, 0.4) is 0 Å². The van der Waals surface area contributed by atoms with Crippen molar-refractivity contribution in [2.24, 2.45) is 18.9 Å². The number of ether oxygens (including phenoxy) is 2. The number of likely N-dealkylation sites (tertiary alicyclic amines) is 1. The summed E-state index contributed by atoms with van der Waals surface area (Å²) in [5.41, 5.74) is 2.76. The Hall–Kier alpha value is -3.21. The van der Waals surface area contributed by atoms with E-state index >= 15 is 0 Å². The monoisotopic (exact) mass is 494 g/mol. The third-order valence-corrected chi connectivity index (χ3v) is 7.27. The van der Waals surface area contributed by atoms with Gasteiger partial charge in [0.1, 0.15) is 23.0 Å². The number of nitrogens with zero attached hydrogens (tertiary/aromatic N) is 8. The molecule has 11 heteroatoms. The van der Waals surface area contributed by atoms with Gasteiger partial charge in [-0.1, -0.05) is 0 Å². The fourth-order valence-electron chi connectivity index (χ4n) is 5.58. The maximum absolute atomic E-state index is 12.6. The number of hydrogen-bond acceptors (Lipinski definition) is 8. The van der Waals surface area contributed by atoms with E-state index in [0.29, 0.717) is 30.9 Å². The first kappa shape index (κ1) is 23.2. The van der Waals surface area contributed by atoms with E-state index in [2.05, 4.69) is 14.6 Å². The van der Waals surface area contributed by atoms with Crippen molar-refractivity contribution >= 4 is 23.2 Å². The summed E-state index contributed by atoms with van der Waals surface area (Å²) in [6, 6.07) is 0. The molecule has 192 valence electrons. The van der Waals surface area contributed by atoms with Crippen LogP contribution in [0.15, 0.2) is 18.7 Å². The predicted molar refractivity (Wildman–Crippen MR) is 133 cm³/mol. The molecule has 1 amide bonds. The molecule has 0 saturated carbocycles. The number of fused-ring (bicyclic) bond motifs is 2. The van der Waals surface area contributed by atoms with Gasteiger partial charge in [0, 0.05) is 63.4 Å². The number of rotatable bonds is 3. The predicted octanol–water partition coefficient (Wildman–Crippen LogP) is 3.23. The summed E-state index contributed by atoms with van der Waals surface area (Å²) < 4.78 is 15.5. The molecule has 0 bridgehead atoms. The van der Waals surface area contributed by atoms with Crippen LogP contribution < -0.4 is 4.90 Å². The van der Waals surface area contributed by atoms with Gasteiger partial charge in [-0.15, -0.1) is 0 Å². The van der Waals surface area contributed by atoms with E-state index < -0.39 is 5.60 Å². The first-order valence-corrected chi connectivity index (χ1v) is 12.8. The highest BCUT2D eigenvalue weighted by atomic mass is 16.6. The minimum Gasteiger partial charge on any atom is -0.444 e. The van der Waals surface area contributed by atoms with Crippen molar-refractivity contribution in [3.8, 4) is 11.3 Å². The highest BCUT2D eigenvalue weighted by molar-refractivity contribution is 5.88. The maximum atomic E-state index is 12.6. The fourth-order valence-corrected chi connectivity index (χ4v) is 5.58. The Morgan fingerprint density at radius 1 is 1.11 bits per heavy atom. The van der Waals surface area contributed by atoms with E-state index in [-0.39, 0.29) is 12.3 Å². The van der Waals surface area contributed by atoms with Gasteiger partial charge in [-0.25, -0.2) is 14.8 Å². The number of amides is 1. The second-order valence-electron chi connectivity index (χ2n) is 11.2. The summed E-state index contributed by atoms with van der Waals surface area (Å²) in [5.74, 6) is 1.42. The Bertz CT molecular complexity index is 1260. The van der Waals surface area contributed by atoms with Gasteiger partial charge in [-0.3, -0.25) is 9.25 Å². The summed E-state index contributed by atoms with van der Waals surface area (Å²) in [6.07, 6.45) is 8.48. The summed E-state index contributed by atoms with van der Waals surface area (Å²) in [6.45, 7) is 9.45. The van der Waals surface area contributed by atoms with E-state index in [0.717, 1.165) is 61.4 Å². The molecule has 0 aliphatic carbocycles. The normalized spacial score (nSPS) is 24.5. The molecule has 11 nitrogen and oxygen atoms in total. The number of aryl methyl sites for hydroxylation is 1. The number of aromatic nitrogens is 6. The Balaban J connectivity index is 1.29. The lowest BCUT2D eigenvalue weighted by atomic mass is 10.0. The molecule has 3 aromatic heterocycles. The minimum atomic E-state index is -0.488. The van der Waals surface area contributed by atoms with Gasteiger partial charge in [0.2, 0.25) is 5.95 Å². The van der Waals surface area contributed by atoms with Gasteiger partial charge in [0.25, 0.3) is 0 Å². The lowest BCUT2D eigenvalue weighted by Gasteiger charge is -2.26. The molecule has 3 aliphatic rings. The van der Waals surface area contributed by atoms with Crippen molar-refractivity contribution in [3.05, 3.63) is 18.7 Å². The zero-order chi connectivity index (χ0) is 25.0. The van der Waals surface area contributed by atoms with Crippen molar-refractivity contribution in [2.75, 3.05) is 37.7 Å². The maximum Gasteiger partial charge on any atom is 0.410 e. The largest absolute Gasteiger partial charge is 0.444 e. The molecule has 0 aromatic carbocycles. The molecule has 6 rings (SSSR count). The summed E-state index contributed by atoms with van der Waals surface area (Å²) >= 11 is 0. The zero-order valence-electron chi connectivity index (χ0n) is 21.4.